The van der Waals surface area contributed by atoms with Gasteiger partial charge in [0.2, 0.25) is 0 Å². The highest BCUT2D eigenvalue weighted by Gasteiger charge is 2.09. The van der Waals surface area contributed by atoms with Crippen molar-refractivity contribution in [3.8, 4) is 11.5 Å². The molecule has 6 nitrogen and oxygen atoms in total. The number of hydrazone groups is 1. The van der Waals surface area contributed by atoms with Crippen LogP contribution in [0.5, 0.6) is 11.5 Å². The fourth-order valence-corrected chi connectivity index (χ4v) is 2.29. The predicted octanol–water partition coefficient (Wildman–Crippen LogP) is 2.96. The maximum Gasteiger partial charge on any atom is 0.259 e. The summed E-state index contributed by atoms with van der Waals surface area (Å²) in [7, 11) is 3.17. The van der Waals surface area contributed by atoms with Crippen LogP contribution in [0.4, 0.5) is 5.69 Å². The minimum Gasteiger partial charge on any atom is -0.497 e. The van der Waals surface area contributed by atoms with Gasteiger partial charge in [-0.15, -0.1) is 0 Å². The molecule has 0 saturated heterocycles. The van der Waals surface area contributed by atoms with Crippen LogP contribution in [0.3, 0.4) is 0 Å². The number of para-hydroxylation sites is 1. The van der Waals surface area contributed by atoms with Gasteiger partial charge in [0, 0.05) is 17.3 Å². The third-order valence-corrected chi connectivity index (χ3v) is 3.73. The van der Waals surface area contributed by atoms with E-state index in [2.05, 4.69) is 15.8 Å². The number of nitrogens with one attached hydrogen (secondary N) is 2. The fourth-order valence-electron chi connectivity index (χ4n) is 2.29. The quantitative estimate of drug-likeness (QED) is 0.600. The van der Waals surface area contributed by atoms with E-state index >= 15 is 0 Å². The van der Waals surface area contributed by atoms with Crippen LogP contribution in [0.15, 0.2) is 47.6 Å². The van der Waals surface area contributed by atoms with Crippen molar-refractivity contribution in [3.63, 3.8) is 0 Å². The molecule has 2 aromatic carbocycles. The number of aryl methyl sites for hydroxylation is 1. The largest absolute Gasteiger partial charge is 0.497 e. The van der Waals surface area contributed by atoms with Crippen molar-refractivity contribution >= 4 is 17.3 Å². The molecular formula is C19H23N3O3. The average Bonchev–Trinajstić information content (AvgIpc) is 2.64. The Morgan fingerprint density at radius 2 is 1.88 bits per heavy atom. The molecule has 0 atom stereocenters. The monoisotopic (exact) mass is 341 g/mol. The molecule has 0 aromatic heterocycles. The van der Waals surface area contributed by atoms with Crippen LogP contribution in [-0.2, 0) is 4.79 Å². The highest BCUT2D eigenvalue weighted by atomic mass is 16.5. The minimum atomic E-state index is -0.227. The van der Waals surface area contributed by atoms with Crippen molar-refractivity contribution < 1.29 is 14.3 Å². The number of hydrogen-bond donors (Lipinski definition) is 2. The van der Waals surface area contributed by atoms with Gasteiger partial charge in [-0.2, -0.15) is 5.10 Å². The summed E-state index contributed by atoms with van der Waals surface area (Å²) in [4.78, 5) is 12.0. The van der Waals surface area contributed by atoms with E-state index in [1.807, 2.05) is 43.3 Å². The number of hydrogen-bond acceptors (Lipinski definition) is 5. The number of carbonyl (C=O) groups excluding carboxylic acids is 1. The van der Waals surface area contributed by atoms with E-state index < -0.39 is 0 Å². The molecule has 0 fully saturated rings. The van der Waals surface area contributed by atoms with Gasteiger partial charge in [-0.25, -0.2) is 5.43 Å². The van der Waals surface area contributed by atoms with Crippen molar-refractivity contribution in [2.45, 2.75) is 13.8 Å². The van der Waals surface area contributed by atoms with Gasteiger partial charge in [0.05, 0.1) is 26.5 Å². The lowest BCUT2D eigenvalue weighted by Gasteiger charge is -2.11. The fraction of sp³-hybridized carbons (Fsp3) is 0.263. The summed E-state index contributed by atoms with van der Waals surface area (Å²) in [6, 6.07) is 13.2. The summed E-state index contributed by atoms with van der Waals surface area (Å²) in [6.07, 6.45) is 0. The maximum atomic E-state index is 12.0. The number of amides is 1. The Kier molecular flexibility index (Phi) is 6.39. The predicted molar refractivity (Wildman–Crippen MR) is 99.6 cm³/mol. The number of ether oxygens (including phenoxy) is 2. The third-order valence-electron chi connectivity index (χ3n) is 3.73. The molecule has 25 heavy (non-hydrogen) atoms. The first-order valence-electron chi connectivity index (χ1n) is 7.90. The molecule has 0 spiro atoms. The molecule has 0 radical (unpaired) electrons. The highest BCUT2D eigenvalue weighted by Crippen LogP contribution is 2.25. The van der Waals surface area contributed by atoms with E-state index in [-0.39, 0.29) is 12.5 Å². The number of methoxy groups -OCH3 is 2. The summed E-state index contributed by atoms with van der Waals surface area (Å²) in [5.74, 6) is 1.10. The molecule has 0 aliphatic carbocycles. The lowest BCUT2D eigenvalue weighted by atomic mass is 10.1. The van der Waals surface area contributed by atoms with Gasteiger partial charge < -0.3 is 14.8 Å². The maximum absolute atomic E-state index is 12.0. The number of anilines is 1. The lowest BCUT2D eigenvalue weighted by Crippen LogP contribution is -2.27. The van der Waals surface area contributed by atoms with Gasteiger partial charge in [-0.1, -0.05) is 18.2 Å². The second kappa shape index (κ2) is 8.73. The molecule has 2 N–H and O–H groups in total. The van der Waals surface area contributed by atoms with Gasteiger partial charge in [-0.05, 0) is 37.6 Å². The summed E-state index contributed by atoms with van der Waals surface area (Å²) < 4.78 is 10.5. The van der Waals surface area contributed by atoms with E-state index in [0.29, 0.717) is 17.2 Å². The zero-order valence-electron chi connectivity index (χ0n) is 14.9. The molecular weight excluding hydrogens is 318 g/mol. The summed E-state index contributed by atoms with van der Waals surface area (Å²) in [5.41, 5.74) is 5.99. The number of nitrogens with zero attached hydrogens (tertiary/aromatic N) is 1. The van der Waals surface area contributed by atoms with Gasteiger partial charge in [0.25, 0.3) is 5.91 Å². The number of benzene rings is 2. The molecule has 132 valence electrons. The van der Waals surface area contributed by atoms with E-state index in [4.69, 9.17) is 9.47 Å². The van der Waals surface area contributed by atoms with Crippen molar-refractivity contribution in [3.05, 3.63) is 53.6 Å². The first-order valence-corrected chi connectivity index (χ1v) is 7.90. The number of rotatable bonds is 7. The molecule has 0 bridgehead atoms. The molecule has 0 saturated carbocycles. The summed E-state index contributed by atoms with van der Waals surface area (Å²) in [5, 5.41) is 7.24. The second-order valence-electron chi connectivity index (χ2n) is 5.47. The smallest absolute Gasteiger partial charge is 0.259 e. The van der Waals surface area contributed by atoms with Gasteiger partial charge >= 0.3 is 0 Å². The average molecular weight is 341 g/mol. The highest BCUT2D eigenvalue weighted by molar-refractivity contribution is 6.01. The van der Waals surface area contributed by atoms with Crippen molar-refractivity contribution in [2.24, 2.45) is 5.10 Å². The summed E-state index contributed by atoms with van der Waals surface area (Å²) >= 11 is 0. The van der Waals surface area contributed by atoms with Crippen molar-refractivity contribution in [1.82, 2.24) is 5.43 Å². The van der Waals surface area contributed by atoms with Gasteiger partial charge in [0.1, 0.15) is 11.5 Å². The third kappa shape index (κ3) is 4.97. The van der Waals surface area contributed by atoms with Gasteiger partial charge in [-0.3, -0.25) is 4.79 Å². The first-order chi connectivity index (χ1) is 12.0. The molecule has 2 rings (SSSR count). The topological polar surface area (TPSA) is 72.0 Å². The Morgan fingerprint density at radius 3 is 2.56 bits per heavy atom. The van der Waals surface area contributed by atoms with E-state index in [1.165, 1.54) is 0 Å². The normalized spacial score (nSPS) is 11.0. The molecule has 1 amide bonds. The van der Waals surface area contributed by atoms with Crippen LogP contribution in [-0.4, -0.2) is 32.4 Å². The zero-order valence-corrected chi connectivity index (χ0v) is 14.9. The molecule has 0 aliphatic heterocycles. The van der Waals surface area contributed by atoms with Crippen LogP contribution in [0.25, 0.3) is 0 Å². The standard InChI is InChI=1S/C19H23N3O3/c1-13-7-5-6-8-17(13)20-12-19(23)22-21-14(2)16-10-9-15(24-3)11-18(16)25-4/h5-11,20H,12H2,1-4H3,(H,22,23)/b21-14+. The van der Waals surface area contributed by atoms with Crippen molar-refractivity contribution in [2.75, 3.05) is 26.1 Å². The molecule has 0 unspecified atom stereocenters. The number of carbonyl (C=O) groups is 1. The van der Waals surface area contributed by atoms with E-state index in [9.17, 15) is 4.79 Å². The van der Waals surface area contributed by atoms with Crippen LogP contribution in [0.1, 0.15) is 18.1 Å². The SMILES string of the molecule is COc1ccc(/C(C)=N/NC(=O)CNc2ccccc2C)c(OC)c1. The molecule has 0 aliphatic rings. The zero-order chi connectivity index (χ0) is 18.2. The van der Waals surface area contributed by atoms with Gasteiger partial charge in [0.15, 0.2) is 0 Å². The summed E-state index contributed by atoms with van der Waals surface area (Å²) in [6.45, 7) is 3.93. The first kappa shape index (κ1) is 18.3. The molecule has 0 heterocycles. The Hall–Kier alpha value is -3.02. The van der Waals surface area contributed by atoms with E-state index in [1.54, 1.807) is 27.2 Å². The van der Waals surface area contributed by atoms with Crippen LogP contribution < -0.4 is 20.2 Å². The van der Waals surface area contributed by atoms with Crippen molar-refractivity contribution in [1.29, 1.82) is 0 Å². The van der Waals surface area contributed by atoms with Crippen LogP contribution >= 0.6 is 0 Å². The van der Waals surface area contributed by atoms with Crippen LogP contribution in [0.2, 0.25) is 0 Å². The minimum absolute atomic E-state index is 0.140. The molecule has 2 aromatic rings. The Labute approximate surface area is 147 Å². The molecule has 6 heteroatoms. The Bertz CT molecular complexity index is 772. The lowest BCUT2D eigenvalue weighted by molar-refractivity contribution is -0.119. The van der Waals surface area contributed by atoms with E-state index in [0.717, 1.165) is 16.8 Å². The Morgan fingerprint density at radius 1 is 1.12 bits per heavy atom. The second-order valence-corrected chi connectivity index (χ2v) is 5.47. The van der Waals surface area contributed by atoms with Crippen LogP contribution in [0, 0.1) is 6.92 Å². The Balaban J connectivity index is 1.98.